The fourth-order valence-corrected chi connectivity index (χ4v) is 2.32. The van der Waals surface area contributed by atoms with Crippen LogP contribution < -0.4 is 14.8 Å². The molecule has 4 nitrogen and oxygen atoms in total. The summed E-state index contributed by atoms with van der Waals surface area (Å²) in [5.41, 5.74) is 1.02. The highest BCUT2D eigenvalue weighted by molar-refractivity contribution is 6.30. The predicted octanol–water partition coefficient (Wildman–Crippen LogP) is 3.67. The SMILES string of the molecule is COc1cc(Cl)cc(CNC2CC2)c1OCCCCC#N. The molecule has 0 atom stereocenters. The Balaban J connectivity index is 2.01. The van der Waals surface area contributed by atoms with Crippen molar-refractivity contribution in [3.63, 3.8) is 0 Å². The molecule has 1 fully saturated rings. The molecule has 0 amide bonds. The van der Waals surface area contributed by atoms with E-state index in [-0.39, 0.29) is 0 Å². The van der Waals surface area contributed by atoms with Crippen LogP contribution >= 0.6 is 11.6 Å². The molecule has 1 aromatic carbocycles. The van der Waals surface area contributed by atoms with E-state index in [1.165, 1.54) is 12.8 Å². The van der Waals surface area contributed by atoms with Gasteiger partial charge in [0, 0.05) is 35.7 Å². The van der Waals surface area contributed by atoms with E-state index in [1.807, 2.05) is 6.07 Å². The van der Waals surface area contributed by atoms with Gasteiger partial charge in [-0.25, -0.2) is 0 Å². The van der Waals surface area contributed by atoms with Crippen LogP contribution in [0.4, 0.5) is 0 Å². The zero-order chi connectivity index (χ0) is 15.1. The third-order valence-corrected chi connectivity index (χ3v) is 3.62. The number of unbranched alkanes of at least 4 members (excludes halogenated alkanes) is 2. The largest absolute Gasteiger partial charge is 0.493 e. The maximum atomic E-state index is 8.53. The number of nitriles is 1. The second-order valence-corrected chi connectivity index (χ2v) is 5.65. The molecule has 0 heterocycles. The molecule has 21 heavy (non-hydrogen) atoms. The van der Waals surface area contributed by atoms with Crippen molar-refractivity contribution in [1.82, 2.24) is 5.32 Å². The molecule has 0 unspecified atom stereocenters. The maximum Gasteiger partial charge on any atom is 0.165 e. The lowest BCUT2D eigenvalue weighted by Gasteiger charge is -2.16. The monoisotopic (exact) mass is 308 g/mol. The van der Waals surface area contributed by atoms with Crippen molar-refractivity contribution in [2.24, 2.45) is 0 Å². The van der Waals surface area contributed by atoms with Crippen molar-refractivity contribution >= 4 is 11.6 Å². The molecule has 1 aliphatic carbocycles. The number of ether oxygens (including phenoxy) is 2. The summed E-state index contributed by atoms with van der Waals surface area (Å²) in [5, 5.41) is 12.6. The van der Waals surface area contributed by atoms with Crippen molar-refractivity contribution in [1.29, 1.82) is 5.26 Å². The minimum absolute atomic E-state index is 0.567. The van der Waals surface area contributed by atoms with Gasteiger partial charge in [-0.1, -0.05) is 11.6 Å². The molecule has 0 aliphatic heterocycles. The van der Waals surface area contributed by atoms with Gasteiger partial charge in [-0.15, -0.1) is 0 Å². The van der Waals surface area contributed by atoms with Gasteiger partial charge < -0.3 is 14.8 Å². The van der Waals surface area contributed by atoms with Crippen LogP contribution in [-0.2, 0) is 6.54 Å². The summed E-state index contributed by atoms with van der Waals surface area (Å²) in [4.78, 5) is 0. The second-order valence-electron chi connectivity index (χ2n) is 5.22. The van der Waals surface area contributed by atoms with Gasteiger partial charge in [0.2, 0.25) is 0 Å². The smallest absolute Gasteiger partial charge is 0.165 e. The van der Waals surface area contributed by atoms with E-state index in [2.05, 4.69) is 11.4 Å². The summed E-state index contributed by atoms with van der Waals surface area (Å²) in [7, 11) is 1.62. The Labute approximate surface area is 131 Å². The van der Waals surface area contributed by atoms with E-state index in [1.54, 1.807) is 13.2 Å². The summed E-state index contributed by atoms with van der Waals surface area (Å²) in [6, 6.07) is 6.45. The van der Waals surface area contributed by atoms with Gasteiger partial charge in [0.25, 0.3) is 0 Å². The first-order chi connectivity index (χ1) is 10.2. The lowest BCUT2D eigenvalue weighted by molar-refractivity contribution is 0.283. The molecule has 1 aromatic rings. The van der Waals surface area contributed by atoms with Gasteiger partial charge in [-0.05, 0) is 31.7 Å². The van der Waals surface area contributed by atoms with Crippen molar-refractivity contribution in [3.8, 4) is 17.6 Å². The molecule has 1 aliphatic rings. The average Bonchev–Trinajstić information content (AvgIpc) is 3.30. The van der Waals surface area contributed by atoms with Crippen LogP contribution in [0.15, 0.2) is 12.1 Å². The van der Waals surface area contributed by atoms with E-state index >= 15 is 0 Å². The lowest BCUT2D eigenvalue weighted by Crippen LogP contribution is -2.16. The van der Waals surface area contributed by atoms with E-state index in [4.69, 9.17) is 26.3 Å². The zero-order valence-corrected chi connectivity index (χ0v) is 13.1. The summed E-state index contributed by atoms with van der Waals surface area (Å²) in [6.45, 7) is 1.31. The third kappa shape index (κ3) is 5.11. The summed E-state index contributed by atoms with van der Waals surface area (Å²) >= 11 is 6.13. The zero-order valence-electron chi connectivity index (χ0n) is 12.3. The van der Waals surface area contributed by atoms with Crippen LogP contribution in [-0.4, -0.2) is 19.8 Å². The maximum absolute atomic E-state index is 8.53. The average molecular weight is 309 g/mol. The van der Waals surface area contributed by atoms with E-state index in [0.717, 1.165) is 30.7 Å². The van der Waals surface area contributed by atoms with Gasteiger partial charge in [0.15, 0.2) is 11.5 Å². The van der Waals surface area contributed by atoms with Gasteiger partial charge in [0.1, 0.15) is 0 Å². The summed E-state index contributed by atoms with van der Waals surface area (Å²) < 4.78 is 11.3. The highest BCUT2D eigenvalue weighted by atomic mass is 35.5. The molecule has 0 bridgehead atoms. The Morgan fingerprint density at radius 1 is 1.38 bits per heavy atom. The summed E-state index contributed by atoms with van der Waals surface area (Å²) in [6.07, 6.45) is 4.75. The standard InChI is InChI=1S/C16H21ClN2O2/c1-20-15-10-13(17)9-12(11-19-14-5-6-14)16(15)21-8-4-2-3-7-18/h9-10,14,19H,2-6,8,11H2,1H3. The lowest BCUT2D eigenvalue weighted by atomic mass is 10.1. The fourth-order valence-electron chi connectivity index (χ4n) is 2.09. The van der Waals surface area contributed by atoms with Crippen LogP contribution in [0.2, 0.25) is 5.02 Å². The highest BCUT2D eigenvalue weighted by Crippen LogP contribution is 2.35. The Morgan fingerprint density at radius 2 is 2.19 bits per heavy atom. The van der Waals surface area contributed by atoms with Gasteiger partial charge in [-0.3, -0.25) is 0 Å². The number of hydrogen-bond acceptors (Lipinski definition) is 4. The number of nitrogens with zero attached hydrogens (tertiary/aromatic N) is 1. The van der Waals surface area contributed by atoms with Gasteiger partial charge >= 0.3 is 0 Å². The van der Waals surface area contributed by atoms with Crippen molar-refractivity contribution in [2.45, 2.75) is 44.7 Å². The Kier molecular flexibility index (Phi) is 6.16. The Hall–Kier alpha value is -1.44. The van der Waals surface area contributed by atoms with Crippen molar-refractivity contribution in [2.75, 3.05) is 13.7 Å². The highest BCUT2D eigenvalue weighted by Gasteiger charge is 2.21. The fraction of sp³-hybridized carbons (Fsp3) is 0.562. The number of nitrogens with one attached hydrogen (secondary N) is 1. The van der Waals surface area contributed by atoms with E-state index < -0.39 is 0 Å². The van der Waals surface area contributed by atoms with Crippen LogP contribution in [0.3, 0.4) is 0 Å². The van der Waals surface area contributed by atoms with Gasteiger partial charge in [0.05, 0.1) is 19.8 Å². The first-order valence-electron chi connectivity index (χ1n) is 7.34. The minimum atomic E-state index is 0.567. The van der Waals surface area contributed by atoms with Crippen LogP contribution in [0.1, 0.15) is 37.7 Å². The molecule has 114 valence electrons. The molecular weight excluding hydrogens is 288 g/mol. The second kappa shape index (κ2) is 8.11. The van der Waals surface area contributed by atoms with E-state index in [0.29, 0.717) is 29.8 Å². The molecule has 1 saturated carbocycles. The van der Waals surface area contributed by atoms with Crippen molar-refractivity contribution < 1.29 is 9.47 Å². The molecule has 0 radical (unpaired) electrons. The predicted molar refractivity (Wildman–Crippen MR) is 82.8 cm³/mol. The molecule has 0 spiro atoms. The van der Waals surface area contributed by atoms with Crippen LogP contribution in [0.5, 0.6) is 11.5 Å². The normalized spacial score (nSPS) is 13.8. The van der Waals surface area contributed by atoms with E-state index in [9.17, 15) is 0 Å². The minimum Gasteiger partial charge on any atom is -0.493 e. The third-order valence-electron chi connectivity index (χ3n) is 3.40. The number of methoxy groups -OCH3 is 1. The molecule has 2 rings (SSSR count). The summed E-state index contributed by atoms with van der Waals surface area (Å²) in [5.74, 6) is 1.42. The molecule has 5 heteroatoms. The number of rotatable bonds is 9. The first-order valence-corrected chi connectivity index (χ1v) is 7.72. The van der Waals surface area contributed by atoms with Crippen LogP contribution in [0, 0.1) is 11.3 Å². The Morgan fingerprint density at radius 3 is 2.86 bits per heavy atom. The first kappa shape index (κ1) is 15.9. The molecular formula is C16H21ClN2O2. The molecule has 0 aromatic heterocycles. The quantitative estimate of drug-likeness (QED) is 0.707. The van der Waals surface area contributed by atoms with Crippen molar-refractivity contribution in [3.05, 3.63) is 22.7 Å². The topological polar surface area (TPSA) is 54.3 Å². The molecule has 1 N–H and O–H groups in total. The number of halogens is 1. The Bertz CT molecular complexity index is 510. The number of benzene rings is 1. The number of hydrogen-bond donors (Lipinski definition) is 1. The molecule has 0 saturated heterocycles. The van der Waals surface area contributed by atoms with Crippen LogP contribution in [0.25, 0.3) is 0 Å². The van der Waals surface area contributed by atoms with Gasteiger partial charge in [-0.2, -0.15) is 5.26 Å².